The van der Waals surface area contributed by atoms with Crippen LogP contribution in [0.4, 0.5) is 15.8 Å². The highest BCUT2D eigenvalue weighted by atomic mass is 19.1. The number of ether oxygens (including phenoxy) is 2. The normalized spacial score (nSPS) is 9.70. The quantitative estimate of drug-likeness (QED) is 0.926. The second kappa shape index (κ2) is 5.93. The Morgan fingerprint density at radius 1 is 0.950 bits per heavy atom. The summed E-state index contributed by atoms with van der Waals surface area (Å²) in [5.41, 5.74) is 1.41. The van der Waals surface area contributed by atoms with Gasteiger partial charge in [0.05, 0.1) is 25.9 Å². The van der Waals surface area contributed by atoms with Gasteiger partial charge in [-0.25, -0.2) is 4.39 Å². The maximum Gasteiger partial charge on any atom is 0.126 e. The van der Waals surface area contributed by atoms with Gasteiger partial charge in [-0.15, -0.1) is 0 Å². The fourth-order valence-corrected chi connectivity index (χ4v) is 1.77. The monoisotopic (exact) mass is 272 g/mol. The Balaban J connectivity index is 2.34. The Morgan fingerprint density at radius 3 is 2.10 bits per heavy atom. The lowest BCUT2D eigenvalue weighted by Crippen LogP contribution is -1.95. The number of rotatable bonds is 4. The van der Waals surface area contributed by atoms with Crippen LogP contribution in [0.25, 0.3) is 0 Å². The number of methoxy groups -OCH3 is 2. The number of nitrogens with zero attached hydrogens (tertiary/aromatic N) is 1. The number of hydrogen-bond acceptors (Lipinski definition) is 4. The van der Waals surface area contributed by atoms with Crippen molar-refractivity contribution in [3.63, 3.8) is 0 Å². The molecule has 0 fully saturated rings. The molecule has 0 heterocycles. The van der Waals surface area contributed by atoms with Gasteiger partial charge in [-0.05, 0) is 18.2 Å². The van der Waals surface area contributed by atoms with Crippen LogP contribution >= 0.6 is 0 Å². The summed E-state index contributed by atoms with van der Waals surface area (Å²) in [4.78, 5) is 0. The van der Waals surface area contributed by atoms with Crippen LogP contribution in [0.15, 0.2) is 36.4 Å². The summed E-state index contributed by atoms with van der Waals surface area (Å²) in [7, 11) is 3.10. The van der Waals surface area contributed by atoms with Crippen LogP contribution < -0.4 is 14.8 Å². The Labute approximate surface area is 116 Å². The van der Waals surface area contributed by atoms with Gasteiger partial charge in [0.1, 0.15) is 17.3 Å². The lowest BCUT2D eigenvalue weighted by molar-refractivity contribution is 0.395. The van der Waals surface area contributed by atoms with Gasteiger partial charge >= 0.3 is 0 Å². The van der Waals surface area contributed by atoms with Crippen molar-refractivity contribution in [2.75, 3.05) is 19.5 Å². The molecule has 0 aromatic heterocycles. The molecule has 2 aromatic carbocycles. The fourth-order valence-electron chi connectivity index (χ4n) is 1.77. The average molecular weight is 272 g/mol. The van der Waals surface area contributed by atoms with Gasteiger partial charge in [0, 0.05) is 29.6 Å². The molecule has 0 saturated carbocycles. The van der Waals surface area contributed by atoms with Crippen LogP contribution in [0, 0.1) is 17.1 Å². The minimum atomic E-state index is -0.471. The molecule has 0 aliphatic rings. The zero-order valence-corrected chi connectivity index (χ0v) is 11.1. The first-order valence-electron chi connectivity index (χ1n) is 5.85. The SMILES string of the molecule is COc1cc(Nc2cc(F)cc(C#N)c2)cc(OC)c1. The van der Waals surface area contributed by atoms with Gasteiger partial charge in [0.2, 0.25) is 0 Å². The largest absolute Gasteiger partial charge is 0.497 e. The Morgan fingerprint density at radius 2 is 1.55 bits per heavy atom. The van der Waals surface area contributed by atoms with E-state index in [1.807, 2.05) is 6.07 Å². The van der Waals surface area contributed by atoms with Gasteiger partial charge in [-0.1, -0.05) is 0 Å². The number of hydrogen-bond donors (Lipinski definition) is 1. The van der Waals surface area contributed by atoms with Gasteiger partial charge in [0.25, 0.3) is 0 Å². The summed E-state index contributed by atoms with van der Waals surface area (Å²) < 4.78 is 23.7. The molecule has 0 unspecified atom stereocenters. The lowest BCUT2D eigenvalue weighted by atomic mass is 10.2. The molecule has 1 N–H and O–H groups in total. The zero-order valence-electron chi connectivity index (χ0n) is 11.1. The summed E-state index contributed by atoms with van der Waals surface area (Å²) in [5.74, 6) is 0.758. The summed E-state index contributed by atoms with van der Waals surface area (Å²) in [5, 5.41) is 11.9. The van der Waals surface area contributed by atoms with E-state index in [0.29, 0.717) is 22.9 Å². The van der Waals surface area contributed by atoms with Crippen LogP contribution in [0.3, 0.4) is 0 Å². The Bertz CT molecular complexity index is 643. The topological polar surface area (TPSA) is 54.3 Å². The van der Waals surface area contributed by atoms with Gasteiger partial charge in [0.15, 0.2) is 0 Å². The molecular weight excluding hydrogens is 259 g/mol. The summed E-state index contributed by atoms with van der Waals surface area (Å²) in [6, 6.07) is 11.2. The Kier molecular flexibility index (Phi) is 4.06. The summed E-state index contributed by atoms with van der Waals surface area (Å²) in [6.07, 6.45) is 0. The first kappa shape index (κ1) is 13.7. The van der Waals surface area contributed by atoms with Crippen molar-refractivity contribution in [3.8, 4) is 17.6 Å². The van der Waals surface area contributed by atoms with Crippen LogP contribution in [-0.4, -0.2) is 14.2 Å². The van der Waals surface area contributed by atoms with Gasteiger partial charge < -0.3 is 14.8 Å². The van der Waals surface area contributed by atoms with Crippen LogP contribution in [0.2, 0.25) is 0 Å². The van der Waals surface area contributed by atoms with E-state index in [1.165, 1.54) is 12.1 Å². The molecule has 0 amide bonds. The third-order valence-electron chi connectivity index (χ3n) is 2.67. The lowest BCUT2D eigenvalue weighted by Gasteiger charge is -2.11. The number of benzene rings is 2. The molecule has 5 heteroatoms. The van der Waals surface area contributed by atoms with E-state index in [-0.39, 0.29) is 5.56 Å². The van der Waals surface area contributed by atoms with Crippen molar-refractivity contribution < 1.29 is 13.9 Å². The van der Waals surface area contributed by atoms with E-state index in [1.54, 1.807) is 38.5 Å². The predicted octanol–water partition coefficient (Wildman–Crippen LogP) is 3.46. The maximum atomic E-state index is 13.4. The number of nitriles is 1. The van der Waals surface area contributed by atoms with Crippen LogP contribution in [0.1, 0.15) is 5.56 Å². The van der Waals surface area contributed by atoms with E-state index >= 15 is 0 Å². The summed E-state index contributed by atoms with van der Waals surface area (Å²) >= 11 is 0. The standard InChI is InChI=1S/C15H13FN2O2/c1-19-14-6-13(7-15(8-14)20-2)18-12-4-10(9-17)3-11(16)5-12/h3-8,18H,1-2H3. The van der Waals surface area contributed by atoms with Crippen molar-refractivity contribution in [1.82, 2.24) is 0 Å². The minimum absolute atomic E-state index is 0.252. The van der Waals surface area contributed by atoms with Crippen molar-refractivity contribution in [2.24, 2.45) is 0 Å². The first-order chi connectivity index (χ1) is 9.64. The first-order valence-corrected chi connectivity index (χ1v) is 5.85. The molecule has 0 radical (unpaired) electrons. The predicted molar refractivity (Wildman–Crippen MR) is 73.9 cm³/mol. The zero-order chi connectivity index (χ0) is 14.5. The van der Waals surface area contributed by atoms with Crippen molar-refractivity contribution in [3.05, 3.63) is 47.8 Å². The molecule has 20 heavy (non-hydrogen) atoms. The molecule has 0 atom stereocenters. The highest BCUT2D eigenvalue weighted by Gasteiger charge is 2.04. The molecular formula is C15H13FN2O2. The molecule has 102 valence electrons. The van der Waals surface area contributed by atoms with E-state index in [4.69, 9.17) is 14.7 Å². The molecule has 0 aliphatic carbocycles. The van der Waals surface area contributed by atoms with Gasteiger partial charge in [-0.3, -0.25) is 0 Å². The van der Waals surface area contributed by atoms with Gasteiger partial charge in [-0.2, -0.15) is 5.26 Å². The molecule has 4 nitrogen and oxygen atoms in total. The number of nitrogens with one attached hydrogen (secondary N) is 1. The second-order valence-electron chi connectivity index (χ2n) is 4.07. The average Bonchev–Trinajstić information content (AvgIpc) is 2.46. The summed E-state index contributed by atoms with van der Waals surface area (Å²) in [6.45, 7) is 0. The molecule has 0 spiro atoms. The molecule has 2 aromatic rings. The van der Waals surface area contributed by atoms with E-state index in [0.717, 1.165) is 0 Å². The smallest absolute Gasteiger partial charge is 0.126 e. The second-order valence-corrected chi connectivity index (χ2v) is 4.07. The van der Waals surface area contributed by atoms with Crippen LogP contribution in [0.5, 0.6) is 11.5 Å². The number of anilines is 2. The minimum Gasteiger partial charge on any atom is -0.497 e. The Hall–Kier alpha value is -2.74. The van der Waals surface area contributed by atoms with E-state index < -0.39 is 5.82 Å². The fraction of sp³-hybridized carbons (Fsp3) is 0.133. The third kappa shape index (κ3) is 3.18. The van der Waals surface area contributed by atoms with E-state index in [2.05, 4.69) is 5.32 Å². The molecule has 0 saturated heterocycles. The highest BCUT2D eigenvalue weighted by Crippen LogP contribution is 2.28. The molecule has 0 bridgehead atoms. The van der Waals surface area contributed by atoms with Crippen LogP contribution in [-0.2, 0) is 0 Å². The maximum absolute atomic E-state index is 13.4. The third-order valence-corrected chi connectivity index (χ3v) is 2.67. The highest BCUT2D eigenvalue weighted by molar-refractivity contribution is 5.64. The number of halogens is 1. The van der Waals surface area contributed by atoms with Crippen molar-refractivity contribution in [2.45, 2.75) is 0 Å². The van der Waals surface area contributed by atoms with Crippen molar-refractivity contribution in [1.29, 1.82) is 5.26 Å². The molecule has 0 aliphatic heterocycles. The molecule has 2 rings (SSSR count). The van der Waals surface area contributed by atoms with E-state index in [9.17, 15) is 4.39 Å². The van der Waals surface area contributed by atoms with Crippen molar-refractivity contribution >= 4 is 11.4 Å².